The highest BCUT2D eigenvalue weighted by atomic mass is 19.1. The molecule has 2 unspecified atom stereocenters. The molecule has 0 bridgehead atoms. The zero-order valence-electron chi connectivity index (χ0n) is 10.3. The summed E-state index contributed by atoms with van der Waals surface area (Å²) in [5.41, 5.74) is 1.91. The Morgan fingerprint density at radius 3 is 2.32 bits per heavy atom. The Kier molecular flexibility index (Phi) is 3.03. The fourth-order valence-electron chi connectivity index (χ4n) is 2.50. The molecular formula is C16H13FO2. The maximum Gasteiger partial charge on any atom is 0.307 e. The summed E-state index contributed by atoms with van der Waals surface area (Å²) >= 11 is 0. The molecule has 2 aromatic rings. The molecule has 3 heteroatoms. The Morgan fingerprint density at radius 1 is 0.947 bits per heavy atom. The molecule has 0 aliphatic carbocycles. The van der Waals surface area contributed by atoms with Crippen molar-refractivity contribution in [3.05, 3.63) is 71.5 Å². The first-order valence-corrected chi connectivity index (χ1v) is 6.24. The van der Waals surface area contributed by atoms with Gasteiger partial charge in [-0.2, -0.15) is 0 Å². The number of halogens is 1. The average molecular weight is 256 g/mol. The highest BCUT2D eigenvalue weighted by Crippen LogP contribution is 2.42. The largest absolute Gasteiger partial charge is 0.457 e. The van der Waals surface area contributed by atoms with E-state index >= 15 is 0 Å². The van der Waals surface area contributed by atoms with Crippen LogP contribution in [-0.2, 0) is 9.53 Å². The van der Waals surface area contributed by atoms with Gasteiger partial charge >= 0.3 is 5.97 Å². The van der Waals surface area contributed by atoms with Gasteiger partial charge in [-0.1, -0.05) is 42.5 Å². The molecule has 1 saturated heterocycles. The van der Waals surface area contributed by atoms with E-state index in [-0.39, 0.29) is 23.8 Å². The van der Waals surface area contributed by atoms with Gasteiger partial charge in [-0.25, -0.2) is 4.39 Å². The van der Waals surface area contributed by atoms with Crippen molar-refractivity contribution in [3.63, 3.8) is 0 Å². The van der Waals surface area contributed by atoms with Gasteiger partial charge in [0.15, 0.2) is 0 Å². The third-order valence-corrected chi connectivity index (χ3v) is 3.44. The van der Waals surface area contributed by atoms with Crippen LogP contribution in [0.1, 0.15) is 29.6 Å². The molecule has 3 rings (SSSR count). The number of carbonyl (C=O) groups is 1. The van der Waals surface area contributed by atoms with Crippen molar-refractivity contribution in [3.8, 4) is 0 Å². The van der Waals surface area contributed by atoms with Crippen molar-refractivity contribution in [2.24, 2.45) is 0 Å². The van der Waals surface area contributed by atoms with Crippen LogP contribution in [0.15, 0.2) is 54.6 Å². The maximum absolute atomic E-state index is 13.0. The van der Waals surface area contributed by atoms with Crippen LogP contribution in [0.4, 0.5) is 4.39 Å². The van der Waals surface area contributed by atoms with Gasteiger partial charge in [-0.3, -0.25) is 4.79 Å². The molecule has 1 heterocycles. The molecule has 2 aromatic carbocycles. The molecule has 1 aliphatic heterocycles. The van der Waals surface area contributed by atoms with Crippen molar-refractivity contribution in [2.45, 2.75) is 18.4 Å². The van der Waals surface area contributed by atoms with Crippen LogP contribution in [0, 0.1) is 5.82 Å². The van der Waals surface area contributed by atoms with E-state index in [0.29, 0.717) is 6.42 Å². The number of ether oxygens (including phenoxy) is 1. The number of cyclic esters (lactones) is 1. The first-order valence-electron chi connectivity index (χ1n) is 6.24. The summed E-state index contributed by atoms with van der Waals surface area (Å²) in [6, 6.07) is 15.9. The second-order valence-electron chi connectivity index (χ2n) is 4.68. The first-order chi connectivity index (χ1) is 9.24. The van der Waals surface area contributed by atoms with Crippen molar-refractivity contribution in [1.82, 2.24) is 0 Å². The van der Waals surface area contributed by atoms with Gasteiger partial charge in [0.25, 0.3) is 0 Å². The topological polar surface area (TPSA) is 26.3 Å². The summed E-state index contributed by atoms with van der Waals surface area (Å²) in [7, 11) is 0. The zero-order valence-corrected chi connectivity index (χ0v) is 10.3. The zero-order chi connectivity index (χ0) is 13.2. The molecule has 0 N–H and O–H groups in total. The van der Waals surface area contributed by atoms with E-state index in [0.717, 1.165) is 11.1 Å². The fraction of sp³-hybridized carbons (Fsp3) is 0.188. The van der Waals surface area contributed by atoms with Gasteiger partial charge in [-0.05, 0) is 23.3 Å². The summed E-state index contributed by atoms with van der Waals surface area (Å²) < 4.78 is 18.4. The summed E-state index contributed by atoms with van der Waals surface area (Å²) in [5, 5.41) is 0. The maximum atomic E-state index is 13.0. The minimum Gasteiger partial charge on any atom is -0.457 e. The van der Waals surface area contributed by atoms with Crippen molar-refractivity contribution < 1.29 is 13.9 Å². The molecule has 0 amide bonds. The highest BCUT2D eigenvalue weighted by Gasteiger charge is 2.36. The molecule has 19 heavy (non-hydrogen) atoms. The summed E-state index contributed by atoms with van der Waals surface area (Å²) in [4.78, 5) is 11.6. The minimum absolute atomic E-state index is 0.0458. The number of hydrogen-bond acceptors (Lipinski definition) is 2. The standard InChI is InChI=1S/C16H13FO2/c17-13-8-6-11(7-9-13)14-10-15(18)19-16(14)12-4-2-1-3-5-12/h1-9,14,16H,10H2. The van der Waals surface area contributed by atoms with Crippen molar-refractivity contribution in [2.75, 3.05) is 0 Å². The molecule has 0 saturated carbocycles. The van der Waals surface area contributed by atoms with E-state index in [2.05, 4.69) is 0 Å². The Labute approximate surface area is 110 Å². The number of hydrogen-bond donors (Lipinski definition) is 0. The van der Waals surface area contributed by atoms with Gasteiger partial charge < -0.3 is 4.74 Å². The lowest BCUT2D eigenvalue weighted by Gasteiger charge is -2.18. The van der Waals surface area contributed by atoms with Crippen LogP contribution < -0.4 is 0 Å². The van der Waals surface area contributed by atoms with Crippen LogP contribution in [0.3, 0.4) is 0 Å². The van der Waals surface area contributed by atoms with Crippen LogP contribution >= 0.6 is 0 Å². The van der Waals surface area contributed by atoms with E-state index in [4.69, 9.17) is 4.74 Å². The molecule has 1 aliphatic rings. The Hall–Kier alpha value is -2.16. The Morgan fingerprint density at radius 2 is 1.63 bits per heavy atom. The summed E-state index contributed by atoms with van der Waals surface area (Å²) in [6.45, 7) is 0. The molecule has 2 atom stereocenters. The lowest BCUT2D eigenvalue weighted by atomic mass is 9.89. The molecule has 96 valence electrons. The predicted molar refractivity (Wildman–Crippen MR) is 69.0 cm³/mol. The van der Waals surface area contributed by atoms with Gasteiger partial charge in [0, 0.05) is 5.92 Å². The normalized spacial score (nSPS) is 22.3. The second kappa shape index (κ2) is 4.84. The molecule has 2 nitrogen and oxygen atoms in total. The number of esters is 1. The Bertz CT molecular complexity index is 577. The second-order valence-corrected chi connectivity index (χ2v) is 4.68. The third-order valence-electron chi connectivity index (χ3n) is 3.44. The first kappa shape index (κ1) is 11.9. The van der Waals surface area contributed by atoms with Crippen LogP contribution in [0.25, 0.3) is 0 Å². The molecule has 1 fully saturated rings. The van der Waals surface area contributed by atoms with Gasteiger partial charge in [0.05, 0.1) is 6.42 Å². The average Bonchev–Trinajstić information content (AvgIpc) is 2.83. The monoisotopic (exact) mass is 256 g/mol. The summed E-state index contributed by atoms with van der Waals surface area (Å²) in [6.07, 6.45) is 0.0599. The van der Waals surface area contributed by atoms with Crippen molar-refractivity contribution in [1.29, 1.82) is 0 Å². The number of carbonyl (C=O) groups excluding carboxylic acids is 1. The molecule has 0 spiro atoms. The smallest absolute Gasteiger partial charge is 0.307 e. The number of rotatable bonds is 2. The quantitative estimate of drug-likeness (QED) is 0.767. The van der Waals surface area contributed by atoms with Crippen LogP contribution in [0.2, 0.25) is 0 Å². The van der Waals surface area contributed by atoms with Gasteiger partial charge in [-0.15, -0.1) is 0 Å². The van der Waals surface area contributed by atoms with Gasteiger partial charge in [0.2, 0.25) is 0 Å². The van der Waals surface area contributed by atoms with Crippen molar-refractivity contribution >= 4 is 5.97 Å². The van der Waals surface area contributed by atoms with Gasteiger partial charge in [0.1, 0.15) is 11.9 Å². The predicted octanol–water partition coefficient (Wildman–Crippen LogP) is 3.60. The lowest BCUT2D eigenvalue weighted by molar-refractivity contribution is -0.141. The minimum atomic E-state index is -0.279. The SMILES string of the molecule is O=C1CC(c2ccc(F)cc2)C(c2ccccc2)O1. The molecular weight excluding hydrogens is 243 g/mol. The van der Waals surface area contributed by atoms with E-state index in [1.54, 1.807) is 12.1 Å². The molecule has 0 radical (unpaired) electrons. The van der Waals surface area contributed by atoms with Crippen LogP contribution in [-0.4, -0.2) is 5.97 Å². The van der Waals surface area contributed by atoms with E-state index in [1.165, 1.54) is 12.1 Å². The summed E-state index contributed by atoms with van der Waals surface area (Å²) in [5.74, 6) is -0.524. The van der Waals surface area contributed by atoms with E-state index in [1.807, 2.05) is 30.3 Å². The highest BCUT2D eigenvalue weighted by molar-refractivity contribution is 5.74. The van der Waals surface area contributed by atoms with E-state index in [9.17, 15) is 9.18 Å². The third kappa shape index (κ3) is 2.36. The van der Waals surface area contributed by atoms with Crippen LogP contribution in [0.5, 0.6) is 0 Å². The lowest BCUT2D eigenvalue weighted by Crippen LogP contribution is -2.06. The number of benzene rings is 2. The Balaban J connectivity index is 1.95. The van der Waals surface area contributed by atoms with E-state index < -0.39 is 0 Å². The molecule has 0 aromatic heterocycles. The fourth-order valence-corrected chi connectivity index (χ4v) is 2.50.